The van der Waals surface area contributed by atoms with Gasteiger partial charge in [0.1, 0.15) is 5.75 Å². The van der Waals surface area contributed by atoms with Gasteiger partial charge in [-0.2, -0.15) is 0 Å². The molecule has 0 aliphatic heterocycles. The topological polar surface area (TPSA) is 43.3 Å². The molecule has 1 aromatic heterocycles. The van der Waals surface area contributed by atoms with Crippen molar-refractivity contribution in [1.82, 2.24) is 9.88 Å². The van der Waals surface area contributed by atoms with Crippen LogP contribution in [-0.4, -0.2) is 17.1 Å². The molecular formula is C21H24N2O2. The van der Waals surface area contributed by atoms with Crippen molar-refractivity contribution in [2.24, 2.45) is 7.05 Å². The van der Waals surface area contributed by atoms with Crippen LogP contribution in [-0.2, 0) is 13.6 Å². The van der Waals surface area contributed by atoms with Gasteiger partial charge in [0.15, 0.2) is 0 Å². The molecule has 130 valence electrons. The minimum atomic E-state index is -0.0749. The summed E-state index contributed by atoms with van der Waals surface area (Å²) in [6, 6.07) is 13.6. The summed E-state index contributed by atoms with van der Waals surface area (Å²) in [6.45, 7) is 7.19. The summed E-state index contributed by atoms with van der Waals surface area (Å²) in [5, 5.41) is 4.12. The van der Waals surface area contributed by atoms with Gasteiger partial charge in [-0.1, -0.05) is 18.2 Å². The summed E-state index contributed by atoms with van der Waals surface area (Å²) < 4.78 is 7.77. The molecule has 25 heavy (non-hydrogen) atoms. The Labute approximate surface area is 148 Å². The molecule has 0 aliphatic rings. The first-order valence-electron chi connectivity index (χ1n) is 8.57. The zero-order valence-electron chi connectivity index (χ0n) is 15.2. The molecule has 0 saturated heterocycles. The van der Waals surface area contributed by atoms with Gasteiger partial charge in [-0.05, 0) is 50.6 Å². The van der Waals surface area contributed by atoms with Crippen molar-refractivity contribution >= 4 is 16.8 Å². The number of nitrogens with one attached hydrogen (secondary N) is 1. The van der Waals surface area contributed by atoms with E-state index in [1.54, 1.807) is 0 Å². The Morgan fingerprint density at radius 2 is 1.92 bits per heavy atom. The molecule has 0 spiro atoms. The highest BCUT2D eigenvalue weighted by Crippen LogP contribution is 2.25. The molecule has 1 heterocycles. The van der Waals surface area contributed by atoms with Crippen molar-refractivity contribution in [3.8, 4) is 5.75 Å². The molecular weight excluding hydrogens is 312 g/mol. The summed E-state index contributed by atoms with van der Waals surface area (Å²) in [6.07, 6.45) is 0. The van der Waals surface area contributed by atoms with Crippen LogP contribution >= 0.6 is 0 Å². The van der Waals surface area contributed by atoms with Crippen LogP contribution in [0, 0.1) is 13.8 Å². The van der Waals surface area contributed by atoms with Crippen molar-refractivity contribution in [3.05, 3.63) is 64.8 Å². The predicted molar refractivity (Wildman–Crippen MR) is 101 cm³/mol. The van der Waals surface area contributed by atoms with Crippen LogP contribution in [0.3, 0.4) is 0 Å². The Kier molecular flexibility index (Phi) is 4.79. The molecule has 0 bridgehead atoms. The maximum atomic E-state index is 12.6. The van der Waals surface area contributed by atoms with E-state index in [2.05, 4.69) is 30.8 Å². The smallest absolute Gasteiger partial charge is 0.251 e. The van der Waals surface area contributed by atoms with Crippen LogP contribution in [0.1, 0.15) is 34.1 Å². The van der Waals surface area contributed by atoms with Gasteiger partial charge in [-0.3, -0.25) is 4.79 Å². The molecule has 1 amide bonds. The highest BCUT2D eigenvalue weighted by molar-refractivity contribution is 5.99. The maximum absolute atomic E-state index is 12.6. The lowest BCUT2D eigenvalue weighted by Gasteiger charge is -2.11. The van der Waals surface area contributed by atoms with Gasteiger partial charge < -0.3 is 14.6 Å². The predicted octanol–water partition coefficient (Wildman–Crippen LogP) is 4.12. The number of para-hydroxylation sites is 1. The summed E-state index contributed by atoms with van der Waals surface area (Å²) >= 11 is 0. The van der Waals surface area contributed by atoms with E-state index in [1.165, 1.54) is 11.3 Å². The van der Waals surface area contributed by atoms with Gasteiger partial charge in [-0.25, -0.2) is 0 Å². The van der Waals surface area contributed by atoms with Crippen LogP contribution < -0.4 is 10.1 Å². The monoisotopic (exact) mass is 336 g/mol. The van der Waals surface area contributed by atoms with E-state index in [1.807, 2.05) is 49.4 Å². The number of carbonyl (C=O) groups is 1. The summed E-state index contributed by atoms with van der Waals surface area (Å²) in [4.78, 5) is 12.6. The first kappa shape index (κ1) is 17.1. The Hall–Kier alpha value is -2.75. The van der Waals surface area contributed by atoms with Crippen molar-refractivity contribution < 1.29 is 9.53 Å². The third-order valence-electron chi connectivity index (χ3n) is 4.78. The fourth-order valence-corrected chi connectivity index (χ4v) is 3.12. The number of aryl methyl sites for hydroxylation is 2. The van der Waals surface area contributed by atoms with E-state index in [-0.39, 0.29) is 5.91 Å². The number of nitrogens with zero attached hydrogens (tertiary/aromatic N) is 1. The highest BCUT2D eigenvalue weighted by atomic mass is 16.5. The number of amides is 1. The van der Waals surface area contributed by atoms with Crippen LogP contribution in [0.4, 0.5) is 0 Å². The molecule has 0 saturated carbocycles. The fraction of sp³-hybridized carbons (Fsp3) is 0.286. The second-order valence-corrected chi connectivity index (χ2v) is 6.22. The number of aromatic nitrogens is 1. The van der Waals surface area contributed by atoms with E-state index < -0.39 is 0 Å². The zero-order valence-corrected chi connectivity index (χ0v) is 15.2. The van der Waals surface area contributed by atoms with Crippen LogP contribution in [0.5, 0.6) is 5.75 Å². The van der Waals surface area contributed by atoms with E-state index in [9.17, 15) is 4.79 Å². The molecule has 1 N–H and O–H groups in total. The lowest BCUT2D eigenvalue weighted by Crippen LogP contribution is -2.23. The lowest BCUT2D eigenvalue weighted by atomic mass is 10.1. The molecule has 0 atom stereocenters. The molecule has 4 nitrogen and oxygen atoms in total. The average Bonchev–Trinajstić information content (AvgIpc) is 2.85. The van der Waals surface area contributed by atoms with Crippen molar-refractivity contribution in [3.63, 3.8) is 0 Å². The standard InChI is InChI=1S/C21H24N2O2/c1-5-25-20-9-7-6-8-17(20)13-22-21(24)16-10-11-19-18(12-16)14(2)15(3)23(19)4/h6-12H,5,13H2,1-4H3,(H,22,24). The summed E-state index contributed by atoms with van der Waals surface area (Å²) in [5.74, 6) is 0.740. The second kappa shape index (κ2) is 7.01. The minimum Gasteiger partial charge on any atom is -0.494 e. The van der Waals surface area contributed by atoms with Crippen molar-refractivity contribution in [2.75, 3.05) is 6.61 Å². The number of fused-ring (bicyclic) bond motifs is 1. The molecule has 3 aromatic rings. The zero-order chi connectivity index (χ0) is 18.0. The van der Waals surface area contributed by atoms with E-state index in [0.717, 1.165) is 22.2 Å². The first-order chi connectivity index (χ1) is 12.0. The normalized spacial score (nSPS) is 10.9. The third kappa shape index (κ3) is 3.25. The number of hydrogen-bond acceptors (Lipinski definition) is 2. The number of hydrogen-bond donors (Lipinski definition) is 1. The Bertz CT molecular complexity index is 925. The van der Waals surface area contributed by atoms with Gasteiger partial charge in [0.05, 0.1) is 6.61 Å². The number of carbonyl (C=O) groups excluding carboxylic acids is 1. The average molecular weight is 336 g/mol. The Morgan fingerprint density at radius 3 is 2.68 bits per heavy atom. The van der Waals surface area contributed by atoms with E-state index in [0.29, 0.717) is 18.7 Å². The molecule has 4 heteroatoms. The van der Waals surface area contributed by atoms with Gasteiger partial charge in [0, 0.05) is 41.3 Å². The molecule has 0 unspecified atom stereocenters. The van der Waals surface area contributed by atoms with Crippen LogP contribution in [0.25, 0.3) is 10.9 Å². The van der Waals surface area contributed by atoms with Gasteiger partial charge in [0.25, 0.3) is 5.91 Å². The molecule has 0 fully saturated rings. The maximum Gasteiger partial charge on any atom is 0.251 e. The molecule has 3 rings (SSSR count). The Balaban J connectivity index is 1.80. The Morgan fingerprint density at radius 1 is 1.16 bits per heavy atom. The highest BCUT2D eigenvalue weighted by Gasteiger charge is 2.12. The minimum absolute atomic E-state index is 0.0749. The first-order valence-corrected chi connectivity index (χ1v) is 8.57. The summed E-state index contributed by atoms with van der Waals surface area (Å²) in [5.41, 5.74) is 5.24. The van der Waals surface area contributed by atoms with E-state index >= 15 is 0 Å². The van der Waals surface area contributed by atoms with E-state index in [4.69, 9.17) is 4.74 Å². The van der Waals surface area contributed by atoms with Crippen molar-refractivity contribution in [2.45, 2.75) is 27.3 Å². The third-order valence-corrected chi connectivity index (χ3v) is 4.78. The lowest BCUT2D eigenvalue weighted by molar-refractivity contribution is 0.0951. The largest absolute Gasteiger partial charge is 0.494 e. The quantitative estimate of drug-likeness (QED) is 0.761. The van der Waals surface area contributed by atoms with Gasteiger partial charge in [0.2, 0.25) is 0 Å². The van der Waals surface area contributed by atoms with Gasteiger partial charge in [-0.15, -0.1) is 0 Å². The second-order valence-electron chi connectivity index (χ2n) is 6.22. The number of ether oxygens (including phenoxy) is 1. The van der Waals surface area contributed by atoms with Crippen molar-refractivity contribution in [1.29, 1.82) is 0 Å². The molecule has 0 radical (unpaired) electrons. The summed E-state index contributed by atoms with van der Waals surface area (Å²) in [7, 11) is 2.05. The SMILES string of the molecule is CCOc1ccccc1CNC(=O)c1ccc2c(c1)c(C)c(C)n2C. The fourth-order valence-electron chi connectivity index (χ4n) is 3.12. The van der Waals surface area contributed by atoms with Crippen LogP contribution in [0.15, 0.2) is 42.5 Å². The number of rotatable bonds is 5. The molecule has 2 aromatic carbocycles. The van der Waals surface area contributed by atoms with Crippen LogP contribution in [0.2, 0.25) is 0 Å². The molecule has 0 aliphatic carbocycles. The number of benzene rings is 2. The van der Waals surface area contributed by atoms with Gasteiger partial charge >= 0.3 is 0 Å².